The molecule has 0 N–H and O–H groups in total. The first-order valence-electron chi connectivity index (χ1n) is 5.39. The van der Waals surface area contributed by atoms with E-state index in [4.69, 9.17) is 0 Å². The number of carbonyl (C=O) groups is 1. The molecule has 0 spiro atoms. The highest BCUT2D eigenvalue weighted by molar-refractivity contribution is 5.75. The van der Waals surface area contributed by atoms with Crippen molar-refractivity contribution in [2.45, 2.75) is 37.8 Å². The molecular weight excluding hydrogens is 191 g/mol. The molecule has 2 rings (SSSR count). The lowest BCUT2D eigenvalue weighted by Gasteiger charge is -2.44. The Kier molecular flexibility index (Phi) is 2.59. The maximum atomic E-state index is 13.6. The van der Waals surface area contributed by atoms with Crippen molar-refractivity contribution in [1.29, 1.82) is 0 Å². The van der Waals surface area contributed by atoms with Gasteiger partial charge < -0.3 is 0 Å². The maximum absolute atomic E-state index is 13.6. The fourth-order valence-corrected chi connectivity index (χ4v) is 2.40. The monoisotopic (exact) mass is 206 g/mol. The van der Waals surface area contributed by atoms with Crippen LogP contribution in [0.4, 0.5) is 4.39 Å². The highest BCUT2D eigenvalue weighted by Crippen LogP contribution is 2.47. The predicted molar refractivity (Wildman–Crippen MR) is 57.9 cm³/mol. The second kappa shape index (κ2) is 3.76. The van der Waals surface area contributed by atoms with Crippen LogP contribution in [0.15, 0.2) is 24.3 Å². The van der Waals surface area contributed by atoms with Crippen LogP contribution in [0, 0.1) is 0 Å². The average Bonchev–Trinajstić information content (AvgIpc) is 2.16. The molecule has 0 saturated heterocycles. The van der Waals surface area contributed by atoms with E-state index < -0.39 is 6.17 Å². The Balaban J connectivity index is 2.38. The molecule has 1 fully saturated rings. The molecule has 1 unspecified atom stereocenters. The number of benzene rings is 1. The van der Waals surface area contributed by atoms with Crippen LogP contribution in [0.3, 0.4) is 0 Å². The molecule has 0 bridgehead atoms. The highest BCUT2D eigenvalue weighted by atomic mass is 19.1. The molecule has 0 amide bonds. The zero-order chi connectivity index (χ0) is 10.9. The molecular formula is C13H15FO. The number of aldehydes is 1. The van der Waals surface area contributed by atoms with E-state index in [2.05, 4.69) is 0 Å². The molecule has 1 aliphatic rings. The Labute approximate surface area is 89.3 Å². The second-order valence-electron chi connectivity index (χ2n) is 4.37. The minimum absolute atomic E-state index is 0.320. The molecule has 1 atom stereocenters. The Morgan fingerprint density at radius 3 is 2.67 bits per heavy atom. The number of carbonyl (C=O) groups excluding carboxylic acids is 1. The Bertz CT molecular complexity index is 367. The molecule has 0 aliphatic heterocycles. The summed E-state index contributed by atoms with van der Waals surface area (Å²) >= 11 is 0. The lowest BCUT2D eigenvalue weighted by molar-refractivity contribution is 0.111. The van der Waals surface area contributed by atoms with Crippen molar-refractivity contribution in [3.8, 4) is 0 Å². The van der Waals surface area contributed by atoms with E-state index in [9.17, 15) is 9.18 Å². The molecule has 2 heteroatoms. The zero-order valence-corrected chi connectivity index (χ0v) is 8.87. The maximum Gasteiger partial charge on any atom is 0.150 e. The third-order valence-corrected chi connectivity index (χ3v) is 3.60. The van der Waals surface area contributed by atoms with Gasteiger partial charge in [0.25, 0.3) is 0 Å². The zero-order valence-electron chi connectivity index (χ0n) is 8.87. The molecule has 80 valence electrons. The minimum atomic E-state index is -0.840. The highest BCUT2D eigenvalue weighted by Gasteiger charge is 2.43. The summed E-state index contributed by atoms with van der Waals surface area (Å²) in [6.07, 6.45) is 2.85. The van der Waals surface area contributed by atoms with E-state index in [1.807, 2.05) is 18.2 Å². The van der Waals surface area contributed by atoms with Crippen molar-refractivity contribution in [3.63, 3.8) is 0 Å². The molecule has 1 aromatic rings. The van der Waals surface area contributed by atoms with Crippen molar-refractivity contribution in [2.24, 2.45) is 0 Å². The van der Waals surface area contributed by atoms with Gasteiger partial charge in [0.1, 0.15) is 12.5 Å². The van der Waals surface area contributed by atoms with Crippen molar-refractivity contribution in [3.05, 3.63) is 35.4 Å². The fraction of sp³-hybridized carbons (Fsp3) is 0.462. The first kappa shape index (κ1) is 10.3. The van der Waals surface area contributed by atoms with Gasteiger partial charge in [-0.2, -0.15) is 0 Å². The number of hydrogen-bond donors (Lipinski definition) is 0. The van der Waals surface area contributed by atoms with E-state index >= 15 is 0 Å². The van der Waals surface area contributed by atoms with E-state index in [1.165, 1.54) is 0 Å². The van der Waals surface area contributed by atoms with Gasteiger partial charge in [-0.15, -0.1) is 0 Å². The van der Waals surface area contributed by atoms with Gasteiger partial charge in [0, 0.05) is 11.0 Å². The van der Waals surface area contributed by atoms with Crippen molar-refractivity contribution >= 4 is 6.29 Å². The van der Waals surface area contributed by atoms with Gasteiger partial charge in [0.2, 0.25) is 0 Å². The van der Waals surface area contributed by atoms with E-state index in [-0.39, 0.29) is 5.41 Å². The molecule has 1 aromatic carbocycles. The molecule has 15 heavy (non-hydrogen) atoms. The summed E-state index contributed by atoms with van der Waals surface area (Å²) < 4.78 is 13.6. The first-order chi connectivity index (χ1) is 7.19. The molecule has 0 heterocycles. The van der Waals surface area contributed by atoms with Gasteiger partial charge >= 0.3 is 0 Å². The predicted octanol–water partition coefficient (Wildman–Crippen LogP) is 3.28. The molecule has 0 aromatic heterocycles. The number of alkyl halides is 1. The van der Waals surface area contributed by atoms with Crippen LogP contribution >= 0.6 is 0 Å². The third-order valence-electron chi connectivity index (χ3n) is 3.60. The van der Waals surface area contributed by atoms with Crippen LogP contribution in [-0.4, -0.2) is 12.5 Å². The van der Waals surface area contributed by atoms with E-state index in [1.54, 1.807) is 13.0 Å². The van der Waals surface area contributed by atoms with Gasteiger partial charge in [-0.1, -0.05) is 24.6 Å². The topological polar surface area (TPSA) is 17.1 Å². The van der Waals surface area contributed by atoms with Crippen LogP contribution < -0.4 is 0 Å². The number of rotatable bonds is 3. The van der Waals surface area contributed by atoms with Gasteiger partial charge in [-0.3, -0.25) is 4.79 Å². The van der Waals surface area contributed by atoms with Gasteiger partial charge in [0.15, 0.2) is 0 Å². The summed E-state index contributed by atoms with van der Waals surface area (Å²) in [6, 6.07) is 7.35. The fourth-order valence-electron chi connectivity index (χ4n) is 2.40. The first-order valence-corrected chi connectivity index (χ1v) is 5.39. The van der Waals surface area contributed by atoms with Crippen LogP contribution in [0.5, 0.6) is 0 Å². The molecule has 1 aliphatic carbocycles. The number of hydrogen-bond acceptors (Lipinski definition) is 1. The van der Waals surface area contributed by atoms with Crippen LogP contribution in [0.25, 0.3) is 0 Å². The van der Waals surface area contributed by atoms with Crippen LogP contribution in [0.2, 0.25) is 0 Å². The van der Waals surface area contributed by atoms with Gasteiger partial charge in [-0.05, 0) is 31.4 Å². The lowest BCUT2D eigenvalue weighted by Crippen LogP contribution is -2.41. The summed E-state index contributed by atoms with van der Waals surface area (Å²) in [7, 11) is 0. The number of halogens is 1. The SMILES string of the molecule is CC(F)C1(c2cccc(C=O)c2)CCC1. The Morgan fingerprint density at radius 2 is 2.20 bits per heavy atom. The summed E-state index contributed by atoms with van der Waals surface area (Å²) in [4.78, 5) is 10.7. The van der Waals surface area contributed by atoms with E-state index in [0.29, 0.717) is 5.56 Å². The molecule has 1 nitrogen and oxygen atoms in total. The van der Waals surface area contributed by atoms with Crippen LogP contribution in [0.1, 0.15) is 42.1 Å². The van der Waals surface area contributed by atoms with Gasteiger partial charge in [-0.25, -0.2) is 4.39 Å². The normalized spacial score (nSPS) is 20.4. The average molecular weight is 206 g/mol. The van der Waals surface area contributed by atoms with Gasteiger partial charge in [0.05, 0.1) is 0 Å². The standard InChI is InChI=1S/C13H15FO/c1-10(14)13(6-3-7-13)12-5-2-4-11(8-12)9-15/h2,4-5,8-10H,3,6-7H2,1H3. The molecule has 1 saturated carbocycles. The van der Waals surface area contributed by atoms with Crippen molar-refractivity contribution in [1.82, 2.24) is 0 Å². The quantitative estimate of drug-likeness (QED) is 0.693. The summed E-state index contributed by atoms with van der Waals surface area (Å²) in [5.41, 5.74) is 1.30. The third kappa shape index (κ3) is 1.58. The Morgan fingerprint density at radius 1 is 1.47 bits per heavy atom. The Hall–Kier alpha value is -1.18. The van der Waals surface area contributed by atoms with Crippen molar-refractivity contribution in [2.75, 3.05) is 0 Å². The second-order valence-corrected chi connectivity index (χ2v) is 4.37. The largest absolute Gasteiger partial charge is 0.298 e. The van der Waals surface area contributed by atoms with E-state index in [0.717, 1.165) is 31.1 Å². The lowest BCUT2D eigenvalue weighted by atomic mass is 9.62. The van der Waals surface area contributed by atoms with Crippen LogP contribution in [-0.2, 0) is 5.41 Å². The summed E-state index contributed by atoms with van der Waals surface area (Å²) in [6.45, 7) is 1.62. The smallest absolute Gasteiger partial charge is 0.150 e. The summed E-state index contributed by atoms with van der Waals surface area (Å²) in [5.74, 6) is 0. The summed E-state index contributed by atoms with van der Waals surface area (Å²) in [5, 5.41) is 0. The minimum Gasteiger partial charge on any atom is -0.298 e. The molecule has 0 radical (unpaired) electrons. The van der Waals surface area contributed by atoms with Crippen molar-refractivity contribution < 1.29 is 9.18 Å².